The zero-order chi connectivity index (χ0) is 32.5. The molecular weight excluding hydrogens is 577 g/mol. The molecule has 5 bridgehead atoms. The number of carbonyl (C=O) groups is 4. The third-order valence-corrected chi connectivity index (χ3v) is 9.38. The van der Waals surface area contributed by atoms with Gasteiger partial charge in [0.05, 0.1) is 16.6 Å². The number of fused-ring (bicyclic) bond motifs is 4. The van der Waals surface area contributed by atoms with Crippen molar-refractivity contribution in [2.75, 3.05) is 6.54 Å². The van der Waals surface area contributed by atoms with Gasteiger partial charge in [0.25, 0.3) is 5.91 Å². The highest BCUT2D eigenvalue weighted by Crippen LogP contribution is 2.44. The number of rotatable bonds is 1. The molecule has 2 fully saturated rings. The average Bonchev–Trinajstić information content (AvgIpc) is 3.01. The van der Waals surface area contributed by atoms with E-state index in [-0.39, 0.29) is 37.5 Å². The van der Waals surface area contributed by atoms with E-state index in [1.807, 2.05) is 56.3 Å². The topological polar surface area (TPSA) is 130 Å². The van der Waals surface area contributed by atoms with Gasteiger partial charge >= 0.3 is 5.97 Å². The van der Waals surface area contributed by atoms with Gasteiger partial charge in [-0.05, 0) is 82.9 Å². The molecule has 1 saturated heterocycles. The smallest absolute Gasteiger partial charge is 0.325 e. The Morgan fingerprint density at radius 2 is 1.73 bits per heavy atom. The fourth-order valence-corrected chi connectivity index (χ4v) is 6.27. The highest BCUT2D eigenvalue weighted by atomic mass is 19.1. The fraction of sp³-hybridized carbons (Fsp3) is 0.559. The molecule has 2 aromatic rings. The van der Waals surface area contributed by atoms with Gasteiger partial charge in [0.15, 0.2) is 0 Å². The number of hydrogen-bond donors (Lipinski definition) is 3. The van der Waals surface area contributed by atoms with Crippen LogP contribution in [0.2, 0.25) is 0 Å². The molecule has 0 radical (unpaired) electrons. The number of esters is 1. The maximum atomic E-state index is 15.0. The molecule has 1 saturated carbocycles. The number of cyclic esters (lactones) is 1. The van der Waals surface area contributed by atoms with Crippen LogP contribution in [0.4, 0.5) is 4.39 Å². The fourth-order valence-electron chi connectivity index (χ4n) is 6.27. The SMILES string of the molecule is CC(C)[C@@H]1NC(=O)C2(/C=C/c3ccc4ccc(nc4c3)[C@@H](C)OC(=O)[C@@H]3CCCN(N3)C(=O)[C@H](C)NC1=O)CCC(C)(F)CC2. The lowest BCUT2D eigenvalue weighted by Crippen LogP contribution is -2.61. The van der Waals surface area contributed by atoms with Crippen LogP contribution in [0.3, 0.4) is 0 Å². The van der Waals surface area contributed by atoms with Crippen LogP contribution in [-0.4, -0.2) is 64.0 Å². The number of nitrogens with one attached hydrogen (secondary N) is 3. The summed E-state index contributed by atoms with van der Waals surface area (Å²) in [5.74, 6) is -2.03. The number of nitrogens with zero attached hydrogens (tertiary/aromatic N) is 2. The van der Waals surface area contributed by atoms with E-state index in [2.05, 4.69) is 16.1 Å². The van der Waals surface area contributed by atoms with E-state index in [0.29, 0.717) is 30.6 Å². The molecule has 0 unspecified atom stereocenters. The van der Waals surface area contributed by atoms with E-state index in [9.17, 15) is 23.6 Å². The molecule has 4 atom stereocenters. The molecule has 10 nitrogen and oxygen atoms in total. The highest BCUT2D eigenvalue weighted by molar-refractivity contribution is 5.94. The number of hydrogen-bond acceptors (Lipinski definition) is 7. The lowest BCUT2D eigenvalue weighted by molar-refractivity contribution is -0.157. The number of amides is 3. The van der Waals surface area contributed by atoms with Crippen molar-refractivity contribution in [1.82, 2.24) is 26.1 Å². The summed E-state index contributed by atoms with van der Waals surface area (Å²) in [4.78, 5) is 58.8. The number of hydrazine groups is 1. The Kier molecular flexibility index (Phi) is 9.30. The Morgan fingerprint density at radius 3 is 2.44 bits per heavy atom. The molecule has 1 aromatic heterocycles. The average molecular weight is 622 g/mol. The minimum Gasteiger partial charge on any atom is -0.455 e. The quantitative estimate of drug-likeness (QED) is 0.405. The second-order valence-electron chi connectivity index (χ2n) is 13.4. The largest absolute Gasteiger partial charge is 0.455 e. The third kappa shape index (κ3) is 7.19. The second kappa shape index (κ2) is 12.9. The summed E-state index contributed by atoms with van der Waals surface area (Å²) in [6.07, 6.45) is 5.08. The van der Waals surface area contributed by atoms with Gasteiger partial charge in [-0.2, -0.15) is 0 Å². The minimum absolute atomic E-state index is 0.206. The first-order chi connectivity index (χ1) is 21.3. The normalized spacial score (nSPS) is 32.7. The molecule has 2 aliphatic heterocycles. The van der Waals surface area contributed by atoms with Crippen LogP contribution in [0.5, 0.6) is 0 Å². The van der Waals surface area contributed by atoms with Crippen LogP contribution in [0.15, 0.2) is 36.4 Å². The predicted molar refractivity (Wildman–Crippen MR) is 168 cm³/mol. The number of benzene rings is 1. The summed E-state index contributed by atoms with van der Waals surface area (Å²) in [6.45, 7) is 8.89. The molecular formula is C34H44FN5O5. The molecule has 3 N–H and O–H groups in total. The second-order valence-corrected chi connectivity index (χ2v) is 13.4. The Bertz CT molecular complexity index is 1500. The molecule has 1 spiro atoms. The molecule has 1 aliphatic carbocycles. The molecule has 5 rings (SSSR count). The summed E-state index contributed by atoms with van der Waals surface area (Å²) in [5, 5.41) is 7.95. The molecule has 45 heavy (non-hydrogen) atoms. The molecule has 3 amide bonds. The van der Waals surface area contributed by atoms with Gasteiger partial charge < -0.3 is 15.4 Å². The van der Waals surface area contributed by atoms with Gasteiger partial charge in [0.1, 0.15) is 29.9 Å². The summed E-state index contributed by atoms with van der Waals surface area (Å²) in [7, 11) is 0. The van der Waals surface area contributed by atoms with Gasteiger partial charge in [0, 0.05) is 11.9 Å². The van der Waals surface area contributed by atoms with E-state index < -0.39 is 53.1 Å². The summed E-state index contributed by atoms with van der Waals surface area (Å²) in [6, 6.07) is 6.91. The van der Waals surface area contributed by atoms with Gasteiger partial charge in [0.2, 0.25) is 11.8 Å². The number of pyridine rings is 1. The molecule has 3 aliphatic rings. The van der Waals surface area contributed by atoms with Crippen molar-refractivity contribution in [2.45, 2.75) is 103 Å². The van der Waals surface area contributed by atoms with Gasteiger partial charge in [-0.1, -0.05) is 44.2 Å². The maximum Gasteiger partial charge on any atom is 0.325 e. The van der Waals surface area contributed by atoms with Crippen molar-refractivity contribution < 1.29 is 28.3 Å². The van der Waals surface area contributed by atoms with E-state index in [1.54, 1.807) is 20.8 Å². The zero-order valence-corrected chi connectivity index (χ0v) is 26.7. The first-order valence-corrected chi connectivity index (χ1v) is 16.0. The van der Waals surface area contributed by atoms with Gasteiger partial charge in [-0.15, -0.1) is 0 Å². The first-order valence-electron chi connectivity index (χ1n) is 16.0. The van der Waals surface area contributed by atoms with Crippen LogP contribution < -0.4 is 16.1 Å². The van der Waals surface area contributed by atoms with Crippen molar-refractivity contribution in [2.24, 2.45) is 11.3 Å². The van der Waals surface area contributed by atoms with E-state index in [4.69, 9.17) is 9.72 Å². The monoisotopic (exact) mass is 621 g/mol. The number of alkyl halides is 1. The van der Waals surface area contributed by atoms with Crippen molar-refractivity contribution in [3.63, 3.8) is 0 Å². The summed E-state index contributed by atoms with van der Waals surface area (Å²) < 4.78 is 20.7. The third-order valence-electron chi connectivity index (χ3n) is 9.38. The van der Waals surface area contributed by atoms with E-state index in [0.717, 1.165) is 10.9 Å². The van der Waals surface area contributed by atoms with Gasteiger partial charge in [-0.25, -0.2) is 14.8 Å². The van der Waals surface area contributed by atoms with Crippen molar-refractivity contribution in [1.29, 1.82) is 0 Å². The van der Waals surface area contributed by atoms with Crippen LogP contribution in [-0.2, 0) is 23.9 Å². The van der Waals surface area contributed by atoms with Crippen molar-refractivity contribution in [3.8, 4) is 0 Å². The van der Waals surface area contributed by atoms with E-state index >= 15 is 0 Å². The predicted octanol–water partition coefficient (Wildman–Crippen LogP) is 4.30. The Balaban J connectivity index is 1.54. The molecule has 3 heterocycles. The van der Waals surface area contributed by atoms with Crippen LogP contribution in [0, 0.1) is 11.3 Å². The summed E-state index contributed by atoms with van der Waals surface area (Å²) in [5.41, 5.74) is 2.65. The van der Waals surface area contributed by atoms with E-state index in [1.165, 1.54) is 5.01 Å². The number of carbonyl (C=O) groups excluding carboxylic acids is 4. The number of halogens is 1. The van der Waals surface area contributed by atoms with Gasteiger partial charge in [-0.3, -0.25) is 24.2 Å². The Morgan fingerprint density at radius 1 is 1.02 bits per heavy atom. The van der Waals surface area contributed by atoms with Crippen molar-refractivity contribution in [3.05, 3.63) is 47.7 Å². The minimum atomic E-state index is -1.38. The first kappa shape index (κ1) is 32.5. The molecule has 11 heteroatoms. The lowest BCUT2D eigenvalue weighted by atomic mass is 9.68. The van der Waals surface area contributed by atoms with Crippen molar-refractivity contribution >= 4 is 40.7 Å². The molecule has 1 aromatic carbocycles. The van der Waals surface area contributed by atoms with Crippen LogP contribution >= 0.6 is 0 Å². The zero-order valence-electron chi connectivity index (χ0n) is 26.7. The standard InChI is InChI=1S/C34H44FN5O5/c1-20(2)28-29(41)36-21(3)30(42)40-18-6-7-26(39-40)31(43)45-22(4)25-11-10-24-9-8-23(19-27(24)37-25)12-13-34(32(44)38-28)16-14-33(5,35)15-17-34/h8-13,19-22,26,28,39H,6-7,14-18H2,1-5H3,(H,36,41)(H,38,44)/b13-12+/t21-,22+,26-,28-,33?,34?/m0/s1. The Hall–Kier alpha value is -3.86. The summed E-state index contributed by atoms with van der Waals surface area (Å²) >= 11 is 0. The number of ether oxygens (including phenoxy) is 1. The highest BCUT2D eigenvalue weighted by Gasteiger charge is 2.45. The Labute approximate surface area is 263 Å². The van der Waals surface area contributed by atoms with Crippen LogP contribution in [0.1, 0.15) is 90.5 Å². The maximum absolute atomic E-state index is 15.0. The van der Waals surface area contributed by atoms with Crippen LogP contribution in [0.25, 0.3) is 17.0 Å². The lowest BCUT2D eigenvalue weighted by Gasteiger charge is -2.40. The molecule has 242 valence electrons. The number of aromatic nitrogens is 1.